The molecule has 39 heavy (non-hydrogen) atoms. The lowest BCUT2D eigenvalue weighted by atomic mass is 10.2. The SMILES string of the molecule is C=CC(=O)Nc1cccc(-n2c(=O)cc(C)c3cnc(Nc4ccc(S(=O)CCN(C)C)cc4OC)nc32)c1. The van der Waals surface area contributed by atoms with E-state index in [0.717, 1.165) is 5.56 Å². The van der Waals surface area contributed by atoms with Gasteiger partial charge in [0.2, 0.25) is 11.9 Å². The molecule has 0 bridgehead atoms. The molecule has 4 rings (SSSR count). The largest absolute Gasteiger partial charge is 0.495 e. The fraction of sp³-hybridized carbons (Fsp3) is 0.214. The lowest BCUT2D eigenvalue weighted by Gasteiger charge is -2.15. The van der Waals surface area contributed by atoms with Crippen molar-refractivity contribution in [3.63, 3.8) is 0 Å². The molecule has 0 fully saturated rings. The highest BCUT2D eigenvalue weighted by atomic mass is 32.2. The number of nitrogens with zero attached hydrogens (tertiary/aromatic N) is 4. The summed E-state index contributed by atoms with van der Waals surface area (Å²) in [4.78, 5) is 36.7. The maximum absolute atomic E-state index is 13.1. The Bertz CT molecular complexity index is 1630. The van der Waals surface area contributed by atoms with E-state index in [9.17, 15) is 13.8 Å². The second-order valence-corrected chi connectivity index (χ2v) is 10.6. The summed E-state index contributed by atoms with van der Waals surface area (Å²) in [6.45, 7) is 5.99. The summed E-state index contributed by atoms with van der Waals surface area (Å²) in [7, 11) is 4.23. The van der Waals surface area contributed by atoms with E-state index in [1.807, 2.05) is 25.9 Å². The number of amides is 1. The van der Waals surface area contributed by atoms with Crippen molar-refractivity contribution in [1.29, 1.82) is 0 Å². The Morgan fingerprint density at radius 3 is 2.72 bits per heavy atom. The quantitative estimate of drug-likeness (QED) is 0.290. The number of aromatic nitrogens is 3. The third-order valence-electron chi connectivity index (χ3n) is 5.93. The van der Waals surface area contributed by atoms with Crippen molar-refractivity contribution in [2.24, 2.45) is 0 Å². The average molecular weight is 547 g/mol. The normalized spacial score (nSPS) is 11.8. The minimum absolute atomic E-state index is 0.247. The summed E-state index contributed by atoms with van der Waals surface area (Å²) < 4.78 is 19.7. The molecule has 2 N–H and O–H groups in total. The smallest absolute Gasteiger partial charge is 0.257 e. The number of anilines is 3. The molecule has 10 nitrogen and oxygen atoms in total. The fourth-order valence-electron chi connectivity index (χ4n) is 3.90. The summed E-state index contributed by atoms with van der Waals surface area (Å²) in [5, 5.41) is 6.56. The highest BCUT2D eigenvalue weighted by Gasteiger charge is 2.15. The molecule has 0 saturated carbocycles. The van der Waals surface area contributed by atoms with Crippen LogP contribution >= 0.6 is 0 Å². The standard InChI is InChI=1S/C28H30N6O4S/c1-6-25(35)30-19-8-7-9-20(15-19)34-26(36)14-18(2)22-17-29-28(32-27(22)34)31-23-11-10-21(16-24(23)38-5)39(37)13-12-33(3)4/h6-11,14-17H,1,12-13H2,2-5H3,(H,30,35)(H,29,31,32). The summed E-state index contributed by atoms with van der Waals surface area (Å²) in [5.74, 6) is 0.883. The van der Waals surface area contributed by atoms with Gasteiger partial charge in [-0.25, -0.2) is 4.98 Å². The molecule has 1 atom stereocenters. The lowest BCUT2D eigenvalue weighted by molar-refractivity contribution is -0.111. The van der Waals surface area contributed by atoms with Crippen molar-refractivity contribution in [3.8, 4) is 11.4 Å². The molecular formula is C28H30N6O4S. The molecule has 0 saturated heterocycles. The van der Waals surface area contributed by atoms with Crippen LogP contribution in [0.25, 0.3) is 16.7 Å². The van der Waals surface area contributed by atoms with Gasteiger partial charge in [0.15, 0.2) is 5.65 Å². The topological polar surface area (TPSA) is 118 Å². The van der Waals surface area contributed by atoms with E-state index in [-0.39, 0.29) is 17.4 Å². The molecule has 2 aromatic heterocycles. The first-order chi connectivity index (χ1) is 18.7. The van der Waals surface area contributed by atoms with E-state index in [1.165, 1.54) is 23.8 Å². The van der Waals surface area contributed by atoms with Crippen molar-refractivity contribution in [2.75, 3.05) is 44.1 Å². The summed E-state index contributed by atoms with van der Waals surface area (Å²) in [6, 6.07) is 13.7. The van der Waals surface area contributed by atoms with Crippen molar-refractivity contribution in [1.82, 2.24) is 19.4 Å². The van der Waals surface area contributed by atoms with Gasteiger partial charge in [-0.15, -0.1) is 0 Å². The van der Waals surface area contributed by atoms with Crippen molar-refractivity contribution >= 4 is 45.1 Å². The van der Waals surface area contributed by atoms with Gasteiger partial charge in [0, 0.05) is 40.5 Å². The van der Waals surface area contributed by atoms with Gasteiger partial charge >= 0.3 is 0 Å². The lowest BCUT2D eigenvalue weighted by Crippen LogP contribution is -2.20. The van der Waals surface area contributed by atoms with Gasteiger partial charge in [0.25, 0.3) is 5.56 Å². The summed E-state index contributed by atoms with van der Waals surface area (Å²) >= 11 is 0. The zero-order valence-electron chi connectivity index (χ0n) is 22.2. The Labute approximate surface area is 228 Å². The van der Waals surface area contributed by atoms with Crippen LogP contribution in [-0.2, 0) is 15.6 Å². The van der Waals surface area contributed by atoms with Crippen LogP contribution < -0.4 is 20.9 Å². The first-order valence-corrected chi connectivity index (χ1v) is 13.4. The van der Waals surface area contributed by atoms with Crippen LogP contribution in [-0.4, -0.2) is 63.1 Å². The molecule has 1 unspecified atom stereocenters. The van der Waals surface area contributed by atoms with Crippen LogP contribution in [0.2, 0.25) is 0 Å². The monoisotopic (exact) mass is 546 g/mol. The molecule has 0 aliphatic carbocycles. The van der Waals surface area contributed by atoms with Crippen molar-refractivity contribution in [3.05, 3.63) is 83.3 Å². The average Bonchev–Trinajstić information content (AvgIpc) is 2.92. The molecule has 1 amide bonds. The van der Waals surface area contributed by atoms with Crippen LogP contribution in [0.3, 0.4) is 0 Å². The third-order valence-corrected chi connectivity index (χ3v) is 7.26. The molecule has 0 spiro atoms. The molecule has 202 valence electrons. The minimum Gasteiger partial charge on any atom is -0.495 e. The number of carbonyl (C=O) groups excluding carboxylic acids is 1. The van der Waals surface area contributed by atoms with Gasteiger partial charge < -0.3 is 20.3 Å². The van der Waals surface area contributed by atoms with Crippen LogP contribution in [0.4, 0.5) is 17.3 Å². The first-order valence-electron chi connectivity index (χ1n) is 12.1. The van der Waals surface area contributed by atoms with Crippen molar-refractivity contribution in [2.45, 2.75) is 11.8 Å². The first kappa shape index (κ1) is 27.7. The van der Waals surface area contributed by atoms with E-state index in [1.54, 1.807) is 48.7 Å². The Kier molecular flexibility index (Phi) is 8.52. The molecule has 0 radical (unpaired) electrons. The molecule has 2 heterocycles. The summed E-state index contributed by atoms with van der Waals surface area (Å²) in [5.41, 5.74) is 2.47. The number of fused-ring (bicyclic) bond motifs is 1. The van der Waals surface area contributed by atoms with Gasteiger partial charge in [-0.05, 0) is 69.1 Å². The predicted molar refractivity (Wildman–Crippen MR) is 155 cm³/mol. The highest BCUT2D eigenvalue weighted by molar-refractivity contribution is 7.85. The molecule has 4 aromatic rings. The molecule has 0 aliphatic rings. The van der Waals surface area contributed by atoms with E-state index >= 15 is 0 Å². The minimum atomic E-state index is -1.18. The number of nitrogens with one attached hydrogen (secondary N) is 2. The summed E-state index contributed by atoms with van der Waals surface area (Å²) in [6.07, 6.45) is 2.82. The number of hydrogen-bond acceptors (Lipinski definition) is 8. The maximum atomic E-state index is 13.1. The second kappa shape index (κ2) is 12.0. The van der Waals surface area contributed by atoms with E-state index < -0.39 is 10.8 Å². The molecule has 2 aromatic carbocycles. The number of pyridine rings is 1. The number of benzene rings is 2. The van der Waals surface area contributed by atoms with Gasteiger partial charge in [-0.2, -0.15) is 4.98 Å². The van der Waals surface area contributed by atoms with E-state index in [0.29, 0.717) is 51.0 Å². The zero-order valence-corrected chi connectivity index (χ0v) is 23.0. The van der Waals surface area contributed by atoms with Crippen LogP contribution in [0, 0.1) is 6.92 Å². The predicted octanol–water partition coefficient (Wildman–Crippen LogP) is 3.64. The van der Waals surface area contributed by atoms with Crippen LogP contribution in [0.5, 0.6) is 5.75 Å². The number of methoxy groups -OCH3 is 1. The van der Waals surface area contributed by atoms with Crippen LogP contribution in [0.15, 0.2) is 77.1 Å². The third kappa shape index (κ3) is 6.39. The zero-order chi connectivity index (χ0) is 28.1. The number of carbonyl (C=O) groups is 1. The fourth-order valence-corrected chi connectivity index (χ4v) is 5.12. The number of rotatable bonds is 10. The van der Waals surface area contributed by atoms with Gasteiger partial charge in [-0.1, -0.05) is 12.6 Å². The van der Waals surface area contributed by atoms with E-state index in [4.69, 9.17) is 4.74 Å². The van der Waals surface area contributed by atoms with Gasteiger partial charge in [0.1, 0.15) is 5.75 Å². The number of ether oxygens (including phenoxy) is 1. The van der Waals surface area contributed by atoms with Crippen molar-refractivity contribution < 1.29 is 13.7 Å². The Balaban J connectivity index is 1.73. The van der Waals surface area contributed by atoms with E-state index in [2.05, 4.69) is 27.2 Å². The highest BCUT2D eigenvalue weighted by Crippen LogP contribution is 2.30. The molecule has 0 aliphatic heterocycles. The molecule has 11 heteroatoms. The maximum Gasteiger partial charge on any atom is 0.257 e. The Morgan fingerprint density at radius 2 is 2.00 bits per heavy atom. The van der Waals surface area contributed by atoms with Crippen LogP contribution in [0.1, 0.15) is 5.56 Å². The van der Waals surface area contributed by atoms with Gasteiger partial charge in [-0.3, -0.25) is 18.4 Å². The Hall–Kier alpha value is -4.35. The molecular weight excluding hydrogens is 516 g/mol. The van der Waals surface area contributed by atoms with Gasteiger partial charge in [0.05, 0.1) is 29.3 Å². The Morgan fingerprint density at radius 1 is 1.21 bits per heavy atom. The second-order valence-electron chi connectivity index (χ2n) is 9.02. The number of aryl methyl sites for hydroxylation is 1. The number of hydrogen-bond donors (Lipinski definition) is 2.